The summed E-state index contributed by atoms with van der Waals surface area (Å²) in [6.07, 6.45) is 7.13. The van der Waals surface area contributed by atoms with Crippen molar-refractivity contribution in [2.45, 2.75) is 0 Å². The number of carbonyl (C=O) groups excluding carboxylic acids is 2. The molecule has 0 amide bonds. The van der Waals surface area contributed by atoms with Crippen LogP contribution in [0.1, 0.15) is 32.6 Å². The van der Waals surface area contributed by atoms with Gasteiger partial charge in [-0.1, -0.05) is 54.3 Å². The van der Waals surface area contributed by atoms with Crippen LogP contribution in [0.15, 0.2) is 115 Å². The summed E-state index contributed by atoms with van der Waals surface area (Å²) >= 11 is 0. The largest absolute Gasteiger partial charge is 0.508 e. The van der Waals surface area contributed by atoms with Crippen molar-refractivity contribution in [1.82, 2.24) is 0 Å². The molecular weight excluding hydrogens is 488 g/mol. The normalized spacial score (nSPS) is 12.1. The monoisotopic (exact) mass is 510 g/mol. The van der Waals surface area contributed by atoms with E-state index in [-0.39, 0.29) is 23.0 Å². The maximum atomic E-state index is 12.3. The summed E-state index contributed by atoms with van der Waals surface area (Å²) in [6, 6.07) is 23.4. The molecule has 1 aliphatic rings. The highest BCUT2D eigenvalue weighted by Crippen LogP contribution is 2.40. The van der Waals surface area contributed by atoms with E-state index in [0.29, 0.717) is 27.8 Å². The number of hydrogen-bond acceptors (Lipinski definition) is 5. The summed E-state index contributed by atoms with van der Waals surface area (Å²) in [4.78, 5) is 24.3. The van der Waals surface area contributed by atoms with Crippen LogP contribution in [0.3, 0.4) is 0 Å². The van der Waals surface area contributed by atoms with Gasteiger partial charge in [-0.25, -0.2) is 0 Å². The van der Waals surface area contributed by atoms with E-state index in [0.717, 1.165) is 28.5 Å². The van der Waals surface area contributed by atoms with Crippen LogP contribution in [0, 0.1) is 11.8 Å². The van der Waals surface area contributed by atoms with E-state index in [9.17, 15) is 24.9 Å². The summed E-state index contributed by atoms with van der Waals surface area (Å²) in [5.74, 6) is 6.48. The summed E-state index contributed by atoms with van der Waals surface area (Å²) in [7, 11) is 0. The number of phenols is 3. The summed E-state index contributed by atoms with van der Waals surface area (Å²) in [5, 5.41) is 29.6. The van der Waals surface area contributed by atoms with E-state index in [1.165, 1.54) is 24.3 Å². The average molecular weight is 511 g/mol. The molecule has 5 heteroatoms. The minimum atomic E-state index is -0.142. The molecule has 0 aliphatic heterocycles. The molecule has 0 radical (unpaired) electrons. The Morgan fingerprint density at radius 1 is 0.641 bits per heavy atom. The third-order valence-electron chi connectivity index (χ3n) is 6.29. The number of benzene rings is 4. The molecule has 5 rings (SSSR count). The van der Waals surface area contributed by atoms with Gasteiger partial charge in [-0.15, -0.1) is 0 Å². The van der Waals surface area contributed by atoms with E-state index in [4.69, 9.17) is 0 Å². The average Bonchev–Trinajstić information content (AvgIpc) is 2.95. The van der Waals surface area contributed by atoms with Gasteiger partial charge < -0.3 is 15.3 Å². The van der Waals surface area contributed by atoms with Crippen LogP contribution in [-0.4, -0.2) is 27.4 Å². The molecule has 5 nitrogen and oxygen atoms in total. The topological polar surface area (TPSA) is 94.8 Å². The van der Waals surface area contributed by atoms with Gasteiger partial charge in [-0.05, 0) is 94.6 Å². The number of hydrogen-bond donors (Lipinski definition) is 3. The van der Waals surface area contributed by atoms with Gasteiger partial charge in [-0.3, -0.25) is 9.59 Å². The lowest BCUT2D eigenvalue weighted by Gasteiger charge is -2.20. The smallest absolute Gasteiger partial charge is 0.178 e. The molecule has 0 saturated heterocycles. The van der Waals surface area contributed by atoms with Crippen molar-refractivity contribution in [3.8, 4) is 40.2 Å². The van der Waals surface area contributed by atoms with Gasteiger partial charge >= 0.3 is 0 Å². The van der Waals surface area contributed by atoms with E-state index in [1.807, 2.05) is 6.07 Å². The third kappa shape index (κ3) is 5.41. The predicted octanol–water partition coefficient (Wildman–Crippen LogP) is 6.18. The lowest BCUT2D eigenvalue weighted by Crippen LogP contribution is -2.04. The van der Waals surface area contributed by atoms with Gasteiger partial charge in [0.2, 0.25) is 0 Å². The molecular formula is C34H22O5. The minimum absolute atomic E-state index is 0.0979. The number of carbonyl (C=O) groups is 2. The highest BCUT2D eigenvalue weighted by Gasteiger charge is 2.21. The Labute approximate surface area is 225 Å². The first-order chi connectivity index (χ1) is 18.9. The van der Waals surface area contributed by atoms with Crippen LogP contribution in [0.5, 0.6) is 17.2 Å². The highest BCUT2D eigenvalue weighted by molar-refractivity contribution is 6.04. The first-order valence-electron chi connectivity index (χ1n) is 12.1. The number of aromatic hydroxyl groups is 3. The Balaban J connectivity index is 1.88. The second-order valence-electron chi connectivity index (χ2n) is 8.86. The van der Waals surface area contributed by atoms with E-state index >= 15 is 0 Å². The van der Waals surface area contributed by atoms with Crippen molar-refractivity contribution < 1.29 is 24.9 Å². The van der Waals surface area contributed by atoms with Crippen LogP contribution in [0.4, 0.5) is 0 Å². The molecule has 4 aromatic carbocycles. The molecule has 0 spiro atoms. The molecule has 0 atom stereocenters. The number of ketones is 1. The van der Waals surface area contributed by atoms with E-state index < -0.39 is 0 Å². The fraction of sp³-hybridized carbons (Fsp3) is 0. The van der Waals surface area contributed by atoms with E-state index in [1.54, 1.807) is 78.9 Å². The van der Waals surface area contributed by atoms with Gasteiger partial charge in [-0.2, -0.15) is 0 Å². The second kappa shape index (κ2) is 10.8. The maximum absolute atomic E-state index is 12.3. The first-order valence-corrected chi connectivity index (χ1v) is 12.1. The number of allylic oxidation sites excluding steroid dienone is 5. The zero-order chi connectivity index (χ0) is 27.4. The standard InChI is InChI=1S/C34H22O5/c35-21-26-10-20-31(23-4-13-28(37)14-5-23)34(32(26)19-3-22-1-11-27(36)12-2-22)33(24-6-15-29(38)16-7-24)25-8-17-30(39)18-9-25/h1-2,4-18,20-21,36-38H. The molecule has 3 N–H and O–H groups in total. The molecule has 188 valence electrons. The Kier molecular flexibility index (Phi) is 6.94. The lowest BCUT2D eigenvalue weighted by molar-refractivity contribution is -0.110. The second-order valence-corrected chi connectivity index (χ2v) is 8.86. The number of aldehydes is 1. The Morgan fingerprint density at radius 3 is 1.79 bits per heavy atom. The van der Waals surface area contributed by atoms with Gasteiger partial charge in [0.1, 0.15) is 17.2 Å². The van der Waals surface area contributed by atoms with Gasteiger partial charge in [0.05, 0.1) is 0 Å². The third-order valence-corrected chi connectivity index (χ3v) is 6.29. The highest BCUT2D eigenvalue weighted by atomic mass is 16.3. The Morgan fingerprint density at radius 2 is 1.21 bits per heavy atom. The Bertz CT molecular complexity index is 1710. The molecule has 0 heterocycles. The van der Waals surface area contributed by atoms with Crippen molar-refractivity contribution in [3.05, 3.63) is 143 Å². The molecule has 0 unspecified atom stereocenters. The molecule has 0 saturated carbocycles. The van der Waals surface area contributed by atoms with Crippen molar-refractivity contribution in [2.24, 2.45) is 0 Å². The van der Waals surface area contributed by atoms with Crippen LogP contribution in [0.25, 0.3) is 16.7 Å². The number of phenolic OH excluding ortho intramolecular Hbond substituents is 3. The summed E-state index contributed by atoms with van der Waals surface area (Å²) in [5.41, 5.74) is 5.84. The SMILES string of the molecule is O=Cc1ccc(-c2ccc(O)cc2)c(C(=C2C=CC(=O)C=C2)c2ccc(O)cc2)c1C#Cc1ccc(O)cc1. The molecule has 1 aliphatic carbocycles. The van der Waals surface area contributed by atoms with Crippen LogP contribution >= 0.6 is 0 Å². The quantitative estimate of drug-likeness (QED) is 0.225. The molecule has 0 fully saturated rings. The fourth-order valence-electron chi connectivity index (χ4n) is 4.38. The lowest BCUT2D eigenvalue weighted by atomic mass is 9.82. The molecule has 39 heavy (non-hydrogen) atoms. The van der Waals surface area contributed by atoms with Crippen molar-refractivity contribution in [1.29, 1.82) is 0 Å². The van der Waals surface area contributed by atoms with Gasteiger partial charge in [0, 0.05) is 22.3 Å². The summed E-state index contributed by atoms with van der Waals surface area (Å²) < 4.78 is 0. The van der Waals surface area contributed by atoms with Gasteiger partial charge in [0.25, 0.3) is 0 Å². The zero-order valence-corrected chi connectivity index (χ0v) is 20.6. The van der Waals surface area contributed by atoms with Crippen molar-refractivity contribution >= 4 is 17.6 Å². The van der Waals surface area contributed by atoms with Crippen LogP contribution in [-0.2, 0) is 4.79 Å². The van der Waals surface area contributed by atoms with Crippen molar-refractivity contribution in [3.63, 3.8) is 0 Å². The fourth-order valence-corrected chi connectivity index (χ4v) is 4.38. The number of rotatable bonds is 4. The minimum Gasteiger partial charge on any atom is -0.508 e. The van der Waals surface area contributed by atoms with Crippen LogP contribution < -0.4 is 0 Å². The Hall–Kier alpha value is -5.60. The van der Waals surface area contributed by atoms with E-state index in [2.05, 4.69) is 11.8 Å². The molecule has 0 aromatic heterocycles. The zero-order valence-electron chi connectivity index (χ0n) is 20.6. The van der Waals surface area contributed by atoms with Crippen molar-refractivity contribution in [2.75, 3.05) is 0 Å². The summed E-state index contributed by atoms with van der Waals surface area (Å²) in [6.45, 7) is 0. The predicted molar refractivity (Wildman–Crippen MR) is 150 cm³/mol. The maximum Gasteiger partial charge on any atom is 0.178 e. The molecule has 4 aromatic rings. The molecule has 0 bridgehead atoms. The van der Waals surface area contributed by atoms with Gasteiger partial charge in [0.15, 0.2) is 12.1 Å². The van der Waals surface area contributed by atoms with Crippen LogP contribution in [0.2, 0.25) is 0 Å². The first kappa shape index (κ1) is 25.1.